The molecule has 0 bridgehead atoms. The van der Waals surface area contributed by atoms with Crippen LogP contribution in [0, 0.1) is 11.5 Å². The maximum Gasteiger partial charge on any atom is 0.341 e. The molecule has 0 radical (unpaired) electrons. The first kappa shape index (κ1) is 15.1. The number of hydrogen-bond acceptors (Lipinski definition) is 4. The number of benzene rings is 1. The molecule has 0 aliphatic heterocycles. The normalized spacial score (nSPS) is 10.4. The second-order valence-corrected chi connectivity index (χ2v) is 9.81. The van der Waals surface area contributed by atoms with Crippen LogP contribution >= 0.6 is 0 Å². The topological polar surface area (TPSA) is 55.8 Å². The maximum absolute atomic E-state index is 11.6. The highest BCUT2D eigenvalue weighted by atomic mass is 28.3. The molecule has 0 unspecified atom stereocenters. The second-order valence-electron chi connectivity index (χ2n) is 5.06. The molecule has 0 heterocycles. The predicted molar refractivity (Wildman–Crippen MR) is 76.2 cm³/mol. The third kappa shape index (κ3) is 4.04. The molecular weight excluding hydrogens is 260 g/mol. The van der Waals surface area contributed by atoms with Crippen molar-refractivity contribution in [3.05, 3.63) is 23.3 Å². The van der Waals surface area contributed by atoms with Crippen LogP contribution in [0.3, 0.4) is 0 Å². The van der Waals surface area contributed by atoms with Crippen LogP contribution in [-0.2, 0) is 4.74 Å². The zero-order valence-corrected chi connectivity index (χ0v) is 12.8. The van der Waals surface area contributed by atoms with Gasteiger partial charge in [0.1, 0.15) is 25.1 Å². The molecule has 0 spiro atoms. The molecule has 0 saturated heterocycles. The monoisotopic (exact) mass is 278 g/mol. The van der Waals surface area contributed by atoms with Gasteiger partial charge in [0.15, 0.2) is 0 Å². The van der Waals surface area contributed by atoms with Crippen molar-refractivity contribution < 1.29 is 19.4 Å². The van der Waals surface area contributed by atoms with Crippen LogP contribution in [0.25, 0.3) is 0 Å². The Morgan fingerprint density at radius 1 is 1.26 bits per heavy atom. The fourth-order valence-corrected chi connectivity index (χ4v) is 1.87. The van der Waals surface area contributed by atoms with Gasteiger partial charge in [-0.15, -0.1) is 5.54 Å². The smallest absolute Gasteiger partial charge is 0.341 e. The number of phenols is 1. The number of carbonyl (C=O) groups is 1. The third-order valence-electron chi connectivity index (χ3n) is 2.30. The Labute approximate surface area is 114 Å². The lowest BCUT2D eigenvalue weighted by Crippen LogP contribution is -2.16. The molecule has 1 N–H and O–H groups in total. The standard InChI is InChI=1S/C14H18O4Si/c1-17-13-9-12(15)10(6-7-19(3,4)5)8-11(13)14(16)18-2/h8-9,15H,1-5H3. The van der Waals surface area contributed by atoms with Crippen molar-refractivity contribution in [3.63, 3.8) is 0 Å². The van der Waals surface area contributed by atoms with E-state index >= 15 is 0 Å². The molecule has 1 rings (SSSR count). The summed E-state index contributed by atoms with van der Waals surface area (Å²) in [4.78, 5) is 11.6. The summed E-state index contributed by atoms with van der Waals surface area (Å²) in [6, 6.07) is 2.87. The number of carbonyl (C=O) groups excluding carboxylic acids is 1. The molecule has 5 heteroatoms. The maximum atomic E-state index is 11.6. The van der Waals surface area contributed by atoms with Gasteiger partial charge in [-0.3, -0.25) is 0 Å². The zero-order chi connectivity index (χ0) is 14.6. The minimum atomic E-state index is -1.56. The predicted octanol–water partition coefficient (Wildman–Crippen LogP) is 2.42. The van der Waals surface area contributed by atoms with E-state index in [1.54, 1.807) is 0 Å². The molecule has 0 aliphatic rings. The highest BCUT2D eigenvalue weighted by Gasteiger charge is 2.16. The number of aromatic hydroxyl groups is 1. The Balaban J connectivity index is 3.34. The van der Waals surface area contributed by atoms with E-state index in [-0.39, 0.29) is 17.1 Å². The van der Waals surface area contributed by atoms with Crippen molar-refractivity contribution in [1.29, 1.82) is 0 Å². The molecule has 19 heavy (non-hydrogen) atoms. The van der Waals surface area contributed by atoms with Crippen molar-refractivity contribution in [1.82, 2.24) is 0 Å². The minimum Gasteiger partial charge on any atom is -0.507 e. The Morgan fingerprint density at radius 3 is 2.37 bits per heavy atom. The fourth-order valence-electron chi connectivity index (χ4n) is 1.36. The van der Waals surface area contributed by atoms with Crippen molar-refractivity contribution in [2.75, 3.05) is 14.2 Å². The van der Waals surface area contributed by atoms with Gasteiger partial charge in [0.25, 0.3) is 0 Å². The van der Waals surface area contributed by atoms with Crippen LogP contribution in [0.5, 0.6) is 11.5 Å². The van der Waals surface area contributed by atoms with Gasteiger partial charge in [-0.1, -0.05) is 25.6 Å². The molecule has 0 atom stereocenters. The summed E-state index contributed by atoms with van der Waals surface area (Å²) in [5.41, 5.74) is 3.80. The number of ether oxygens (including phenoxy) is 2. The molecule has 0 aromatic heterocycles. The third-order valence-corrected chi connectivity index (χ3v) is 3.17. The van der Waals surface area contributed by atoms with Gasteiger partial charge in [-0.05, 0) is 6.07 Å². The average Bonchev–Trinajstić information content (AvgIpc) is 2.34. The van der Waals surface area contributed by atoms with E-state index in [0.29, 0.717) is 5.56 Å². The molecule has 0 amide bonds. The van der Waals surface area contributed by atoms with Gasteiger partial charge in [-0.25, -0.2) is 4.79 Å². The van der Waals surface area contributed by atoms with Crippen molar-refractivity contribution in [2.24, 2.45) is 0 Å². The van der Waals surface area contributed by atoms with Gasteiger partial charge in [0.2, 0.25) is 0 Å². The summed E-state index contributed by atoms with van der Waals surface area (Å²) in [5.74, 6) is 2.66. The quantitative estimate of drug-likeness (QED) is 0.513. The molecule has 1 aromatic rings. The number of esters is 1. The van der Waals surface area contributed by atoms with Crippen molar-refractivity contribution in [2.45, 2.75) is 19.6 Å². The first-order valence-corrected chi connectivity index (χ1v) is 9.31. The second kappa shape index (κ2) is 5.80. The molecule has 1 aromatic carbocycles. The van der Waals surface area contributed by atoms with Gasteiger partial charge >= 0.3 is 5.97 Å². The lowest BCUT2D eigenvalue weighted by atomic mass is 10.1. The molecule has 0 fully saturated rings. The summed E-state index contributed by atoms with van der Waals surface area (Å²) in [5, 5.41) is 9.88. The zero-order valence-electron chi connectivity index (χ0n) is 11.8. The van der Waals surface area contributed by atoms with E-state index in [1.807, 2.05) is 0 Å². The van der Waals surface area contributed by atoms with Gasteiger partial charge in [0, 0.05) is 6.07 Å². The Morgan fingerprint density at radius 2 is 1.89 bits per heavy atom. The molecule has 0 aliphatic carbocycles. The van der Waals surface area contributed by atoms with E-state index in [0.717, 1.165) is 0 Å². The van der Waals surface area contributed by atoms with E-state index in [4.69, 9.17) is 4.74 Å². The van der Waals surface area contributed by atoms with Crippen molar-refractivity contribution >= 4 is 14.0 Å². The Kier molecular flexibility index (Phi) is 4.62. The lowest BCUT2D eigenvalue weighted by molar-refractivity contribution is 0.0597. The van der Waals surface area contributed by atoms with Crippen LogP contribution in [0.1, 0.15) is 15.9 Å². The van der Waals surface area contributed by atoms with E-state index < -0.39 is 14.0 Å². The number of methoxy groups -OCH3 is 2. The number of rotatable bonds is 2. The van der Waals surface area contributed by atoms with Crippen LogP contribution in [-0.4, -0.2) is 33.4 Å². The van der Waals surface area contributed by atoms with Gasteiger partial charge in [-0.2, -0.15) is 0 Å². The summed E-state index contributed by atoms with van der Waals surface area (Å²) in [6.45, 7) is 6.30. The average molecular weight is 278 g/mol. The van der Waals surface area contributed by atoms with Crippen LogP contribution in [0.2, 0.25) is 19.6 Å². The van der Waals surface area contributed by atoms with Crippen LogP contribution < -0.4 is 4.74 Å². The summed E-state index contributed by atoms with van der Waals surface area (Å²) >= 11 is 0. The van der Waals surface area contributed by atoms with E-state index in [2.05, 4.69) is 35.8 Å². The largest absolute Gasteiger partial charge is 0.507 e. The SMILES string of the molecule is COC(=O)c1cc(C#C[Si](C)(C)C)c(O)cc1OC. The molecule has 0 saturated carbocycles. The molecule has 102 valence electrons. The van der Waals surface area contributed by atoms with Gasteiger partial charge in [0.05, 0.1) is 19.8 Å². The van der Waals surface area contributed by atoms with Gasteiger partial charge < -0.3 is 14.6 Å². The highest BCUT2D eigenvalue weighted by Crippen LogP contribution is 2.28. The van der Waals surface area contributed by atoms with Crippen LogP contribution in [0.15, 0.2) is 12.1 Å². The first-order valence-electron chi connectivity index (χ1n) is 5.81. The summed E-state index contributed by atoms with van der Waals surface area (Å²) in [7, 11) is 1.16. The highest BCUT2D eigenvalue weighted by molar-refractivity contribution is 6.83. The number of hydrogen-bond donors (Lipinski definition) is 1. The summed E-state index contributed by atoms with van der Waals surface area (Å²) < 4.78 is 9.73. The molecule has 4 nitrogen and oxygen atoms in total. The number of phenolic OH excluding ortho intramolecular Hbond substituents is 1. The van der Waals surface area contributed by atoms with E-state index in [9.17, 15) is 9.90 Å². The fraction of sp³-hybridized carbons (Fsp3) is 0.357. The summed E-state index contributed by atoms with van der Waals surface area (Å²) in [6.07, 6.45) is 0. The van der Waals surface area contributed by atoms with E-state index in [1.165, 1.54) is 26.4 Å². The lowest BCUT2D eigenvalue weighted by Gasteiger charge is -2.09. The van der Waals surface area contributed by atoms with Crippen molar-refractivity contribution in [3.8, 4) is 23.0 Å². The van der Waals surface area contributed by atoms with Crippen LogP contribution in [0.4, 0.5) is 0 Å². The Hall–Kier alpha value is -1.93. The molecular formula is C14H18O4Si. The minimum absolute atomic E-state index is 0.00440. The Bertz CT molecular complexity index is 547. The first-order chi connectivity index (χ1) is 8.78.